The smallest absolute Gasteiger partial charge is 0.314 e. The van der Waals surface area contributed by atoms with E-state index >= 15 is 0 Å². The van der Waals surface area contributed by atoms with Crippen LogP contribution in [0.3, 0.4) is 0 Å². The standard InChI is InChI=1S/C8H7N3O2/c9-4-1-2-5-6(3-4)11-8(13)7(12)10-5/h1-3H,9H2,(H,10,12)(H,11,13). The minimum Gasteiger partial charge on any atom is -0.399 e. The molecule has 1 aromatic carbocycles. The van der Waals surface area contributed by atoms with E-state index in [0.29, 0.717) is 16.7 Å². The van der Waals surface area contributed by atoms with E-state index < -0.39 is 11.1 Å². The first kappa shape index (κ1) is 7.60. The Morgan fingerprint density at radius 1 is 1.00 bits per heavy atom. The molecule has 5 nitrogen and oxygen atoms in total. The average Bonchev–Trinajstić information content (AvgIpc) is 2.08. The van der Waals surface area contributed by atoms with Crippen LogP contribution in [0.25, 0.3) is 11.0 Å². The molecule has 0 aliphatic heterocycles. The van der Waals surface area contributed by atoms with Crippen molar-refractivity contribution in [2.45, 2.75) is 0 Å². The lowest BCUT2D eigenvalue weighted by atomic mass is 10.3. The molecule has 0 unspecified atom stereocenters. The minimum atomic E-state index is -0.668. The third-order valence-electron chi connectivity index (χ3n) is 1.75. The first-order valence-electron chi connectivity index (χ1n) is 3.68. The molecular weight excluding hydrogens is 170 g/mol. The second-order valence-electron chi connectivity index (χ2n) is 2.71. The number of fused-ring (bicyclic) bond motifs is 1. The normalized spacial score (nSPS) is 10.5. The van der Waals surface area contributed by atoms with Gasteiger partial charge in [-0.2, -0.15) is 0 Å². The van der Waals surface area contributed by atoms with Crippen LogP contribution < -0.4 is 16.9 Å². The monoisotopic (exact) mass is 177 g/mol. The fraction of sp³-hybridized carbons (Fsp3) is 0. The molecule has 1 heterocycles. The summed E-state index contributed by atoms with van der Waals surface area (Å²) < 4.78 is 0. The number of H-pyrrole nitrogens is 2. The van der Waals surface area contributed by atoms with Gasteiger partial charge in [-0.3, -0.25) is 9.59 Å². The van der Waals surface area contributed by atoms with Crippen molar-refractivity contribution in [2.75, 3.05) is 5.73 Å². The van der Waals surface area contributed by atoms with Crippen LogP contribution in [-0.2, 0) is 0 Å². The first-order chi connectivity index (χ1) is 6.16. The van der Waals surface area contributed by atoms with Gasteiger partial charge in [0.25, 0.3) is 0 Å². The Hall–Kier alpha value is -2.04. The van der Waals surface area contributed by atoms with Crippen LogP contribution >= 0.6 is 0 Å². The molecule has 0 saturated carbocycles. The van der Waals surface area contributed by atoms with Gasteiger partial charge in [-0.25, -0.2) is 0 Å². The number of rotatable bonds is 0. The van der Waals surface area contributed by atoms with Crippen LogP contribution in [0.2, 0.25) is 0 Å². The number of benzene rings is 1. The number of nitrogens with two attached hydrogens (primary N) is 1. The van der Waals surface area contributed by atoms with Gasteiger partial charge in [0, 0.05) is 5.69 Å². The van der Waals surface area contributed by atoms with Gasteiger partial charge in [0.2, 0.25) is 0 Å². The molecule has 66 valence electrons. The van der Waals surface area contributed by atoms with Gasteiger partial charge in [0.1, 0.15) is 0 Å². The summed E-state index contributed by atoms with van der Waals surface area (Å²) in [6, 6.07) is 4.88. The highest BCUT2D eigenvalue weighted by Gasteiger charge is 1.98. The van der Waals surface area contributed by atoms with Crippen LogP contribution in [-0.4, -0.2) is 9.97 Å². The number of hydrogen-bond donors (Lipinski definition) is 3. The maximum atomic E-state index is 10.9. The maximum Gasteiger partial charge on any atom is 0.314 e. The zero-order chi connectivity index (χ0) is 9.42. The van der Waals surface area contributed by atoms with Crippen LogP contribution in [0, 0.1) is 0 Å². The molecule has 0 atom stereocenters. The predicted molar refractivity (Wildman–Crippen MR) is 49.6 cm³/mol. The lowest BCUT2D eigenvalue weighted by Gasteiger charge is -1.97. The van der Waals surface area contributed by atoms with Gasteiger partial charge >= 0.3 is 11.1 Å². The maximum absolute atomic E-state index is 10.9. The summed E-state index contributed by atoms with van der Waals surface area (Å²) in [6.07, 6.45) is 0. The van der Waals surface area contributed by atoms with Gasteiger partial charge in [-0.05, 0) is 18.2 Å². The third kappa shape index (κ3) is 1.20. The molecule has 0 amide bonds. The summed E-state index contributed by atoms with van der Waals surface area (Å²) in [6.45, 7) is 0. The van der Waals surface area contributed by atoms with Crippen molar-refractivity contribution in [1.29, 1.82) is 0 Å². The van der Waals surface area contributed by atoms with Crippen LogP contribution in [0.4, 0.5) is 5.69 Å². The molecule has 5 heteroatoms. The molecule has 0 aliphatic rings. The molecule has 2 aromatic rings. The fourth-order valence-corrected chi connectivity index (χ4v) is 1.13. The van der Waals surface area contributed by atoms with E-state index in [1.807, 2.05) is 0 Å². The van der Waals surface area contributed by atoms with Crippen molar-refractivity contribution in [2.24, 2.45) is 0 Å². The summed E-state index contributed by atoms with van der Waals surface area (Å²) in [7, 11) is 0. The Bertz CT molecular complexity index is 567. The Morgan fingerprint density at radius 2 is 1.62 bits per heavy atom. The summed E-state index contributed by atoms with van der Waals surface area (Å²) >= 11 is 0. The van der Waals surface area contributed by atoms with Crippen molar-refractivity contribution in [3.63, 3.8) is 0 Å². The van der Waals surface area contributed by atoms with Crippen molar-refractivity contribution in [3.05, 3.63) is 38.9 Å². The predicted octanol–water partition coefficient (Wildman–Crippen LogP) is -0.201. The van der Waals surface area contributed by atoms with Gasteiger partial charge in [-0.15, -0.1) is 0 Å². The largest absolute Gasteiger partial charge is 0.399 e. The molecule has 0 bridgehead atoms. The topological polar surface area (TPSA) is 91.7 Å². The Balaban J connectivity index is 2.97. The molecule has 0 spiro atoms. The minimum absolute atomic E-state index is 0.532. The van der Waals surface area contributed by atoms with E-state index in [-0.39, 0.29) is 0 Å². The van der Waals surface area contributed by atoms with E-state index in [1.165, 1.54) is 0 Å². The fourth-order valence-electron chi connectivity index (χ4n) is 1.13. The van der Waals surface area contributed by atoms with Gasteiger partial charge in [0.05, 0.1) is 11.0 Å². The summed E-state index contributed by atoms with van der Waals surface area (Å²) in [5.41, 5.74) is 5.81. The Kier molecular flexibility index (Phi) is 1.45. The molecule has 0 radical (unpaired) electrons. The lowest BCUT2D eigenvalue weighted by molar-refractivity contribution is 1.15. The van der Waals surface area contributed by atoms with E-state index in [4.69, 9.17) is 5.73 Å². The quantitative estimate of drug-likeness (QED) is 0.384. The van der Waals surface area contributed by atoms with Crippen molar-refractivity contribution in [1.82, 2.24) is 9.97 Å². The lowest BCUT2D eigenvalue weighted by Crippen LogP contribution is -2.28. The zero-order valence-corrected chi connectivity index (χ0v) is 6.63. The SMILES string of the molecule is Nc1ccc2[nH]c(=O)c(=O)[nH]c2c1. The van der Waals surface area contributed by atoms with Crippen molar-refractivity contribution in [3.8, 4) is 0 Å². The summed E-state index contributed by atoms with van der Waals surface area (Å²) in [4.78, 5) is 26.6. The van der Waals surface area contributed by atoms with Gasteiger partial charge < -0.3 is 15.7 Å². The zero-order valence-electron chi connectivity index (χ0n) is 6.63. The first-order valence-corrected chi connectivity index (χ1v) is 3.68. The number of aromatic amines is 2. The number of hydrogen-bond acceptors (Lipinski definition) is 3. The van der Waals surface area contributed by atoms with E-state index in [0.717, 1.165) is 0 Å². The number of nitrogen functional groups attached to an aromatic ring is 1. The molecule has 0 fully saturated rings. The average molecular weight is 177 g/mol. The van der Waals surface area contributed by atoms with Crippen LogP contribution in [0.15, 0.2) is 27.8 Å². The highest BCUT2D eigenvalue weighted by molar-refractivity contribution is 5.77. The molecule has 2 rings (SSSR count). The number of aromatic nitrogens is 2. The highest BCUT2D eigenvalue weighted by atomic mass is 16.2. The number of nitrogens with one attached hydrogen (secondary N) is 2. The Labute approximate surface area is 72.2 Å². The Morgan fingerprint density at radius 3 is 2.31 bits per heavy atom. The molecule has 4 N–H and O–H groups in total. The highest BCUT2D eigenvalue weighted by Crippen LogP contribution is 2.09. The van der Waals surface area contributed by atoms with Crippen LogP contribution in [0.1, 0.15) is 0 Å². The van der Waals surface area contributed by atoms with E-state index in [2.05, 4.69) is 9.97 Å². The summed E-state index contributed by atoms with van der Waals surface area (Å²) in [5, 5.41) is 0. The van der Waals surface area contributed by atoms with Crippen LogP contribution in [0.5, 0.6) is 0 Å². The van der Waals surface area contributed by atoms with E-state index in [9.17, 15) is 9.59 Å². The van der Waals surface area contributed by atoms with Gasteiger partial charge in [0.15, 0.2) is 0 Å². The molecule has 1 aromatic heterocycles. The second kappa shape index (κ2) is 2.48. The number of anilines is 1. The second-order valence-corrected chi connectivity index (χ2v) is 2.71. The third-order valence-corrected chi connectivity index (χ3v) is 1.75. The molecule has 13 heavy (non-hydrogen) atoms. The van der Waals surface area contributed by atoms with Gasteiger partial charge in [-0.1, -0.05) is 0 Å². The van der Waals surface area contributed by atoms with E-state index in [1.54, 1.807) is 18.2 Å². The molecular formula is C8H7N3O2. The molecule has 0 saturated heterocycles. The van der Waals surface area contributed by atoms with Crippen molar-refractivity contribution < 1.29 is 0 Å². The molecule has 0 aliphatic carbocycles. The summed E-state index contributed by atoms with van der Waals surface area (Å²) in [5.74, 6) is 0. The van der Waals surface area contributed by atoms with Crippen molar-refractivity contribution >= 4 is 16.7 Å².